The second-order valence-electron chi connectivity index (χ2n) is 6.16. The van der Waals surface area contributed by atoms with Crippen molar-refractivity contribution in [2.75, 3.05) is 13.6 Å². The Labute approximate surface area is 123 Å². The Morgan fingerprint density at radius 2 is 2.20 bits per heavy atom. The predicted molar refractivity (Wildman–Crippen MR) is 85.0 cm³/mol. The molecule has 0 aromatic heterocycles. The normalized spacial score (nSPS) is 24.6. The van der Waals surface area contributed by atoms with Crippen LogP contribution in [-0.4, -0.2) is 19.7 Å². The molecular weight excluding hydrogens is 246 g/mol. The first-order valence-electron chi connectivity index (χ1n) is 8.09. The summed E-state index contributed by atoms with van der Waals surface area (Å²) in [6.07, 6.45) is 7.08. The van der Waals surface area contributed by atoms with Gasteiger partial charge < -0.3 is 10.1 Å². The van der Waals surface area contributed by atoms with Crippen molar-refractivity contribution in [1.29, 1.82) is 0 Å². The highest BCUT2D eigenvalue weighted by Crippen LogP contribution is 2.31. The van der Waals surface area contributed by atoms with E-state index in [1.54, 1.807) is 0 Å². The molecule has 2 rings (SSSR count). The fourth-order valence-corrected chi connectivity index (χ4v) is 3.27. The van der Waals surface area contributed by atoms with Crippen molar-refractivity contribution in [3.05, 3.63) is 35.4 Å². The number of hydrogen-bond acceptors (Lipinski definition) is 2. The van der Waals surface area contributed by atoms with E-state index in [0.717, 1.165) is 12.5 Å². The summed E-state index contributed by atoms with van der Waals surface area (Å²) < 4.78 is 6.44. The number of ether oxygens (including phenoxy) is 1. The third-order valence-electron chi connectivity index (χ3n) is 4.47. The number of rotatable bonds is 6. The van der Waals surface area contributed by atoms with E-state index in [9.17, 15) is 0 Å². The van der Waals surface area contributed by atoms with Gasteiger partial charge in [0.15, 0.2) is 0 Å². The van der Waals surface area contributed by atoms with E-state index in [-0.39, 0.29) is 6.10 Å². The SMILES string of the molecule is CCC1CCCC(OC(CNC)c2cccc(C)c2)C1. The molecule has 3 unspecified atom stereocenters. The number of likely N-dealkylation sites (N-methyl/N-ethyl adjacent to an activating group) is 1. The summed E-state index contributed by atoms with van der Waals surface area (Å²) in [7, 11) is 2.00. The Kier molecular flexibility index (Phi) is 6.06. The van der Waals surface area contributed by atoms with Gasteiger partial charge in [-0.1, -0.05) is 56.0 Å². The molecule has 112 valence electrons. The van der Waals surface area contributed by atoms with Crippen LogP contribution in [-0.2, 0) is 4.74 Å². The quantitative estimate of drug-likeness (QED) is 0.838. The van der Waals surface area contributed by atoms with E-state index in [4.69, 9.17) is 4.74 Å². The zero-order valence-corrected chi connectivity index (χ0v) is 13.2. The van der Waals surface area contributed by atoms with Crippen molar-refractivity contribution >= 4 is 0 Å². The molecule has 1 saturated carbocycles. The van der Waals surface area contributed by atoms with Crippen LogP contribution >= 0.6 is 0 Å². The van der Waals surface area contributed by atoms with Crippen LogP contribution in [0.3, 0.4) is 0 Å². The van der Waals surface area contributed by atoms with Gasteiger partial charge in [0, 0.05) is 6.54 Å². The Morgan fingerprint density at radius 1 is 1.35 bits per heavy atom. The molecule has 0 aliphatic heterocycles. The van der Waals surface area contributed by atoms with Gasteiger partial charge in [-0.3, -0.25) is 0 Å². The third-order valence-corrected chi connectivity index (χ3v) is 4.47. The van der Waals surface area contributed by atoms with Crippen LogP contribution < -0.4 is 5.32 Å². The minimum atomic E-state index is 0.181. The molecule has 0 radical (unpaired) electrons. The molecule has 1 aliphatic rings. The van der Waals surface area contributed by atoms with Crippen LogP contribution in [0.2, 0.25) is 0 Å². The predicted octanol–water partition coefficient (Wildman–Crippen LogP) is 4.24. The van der Waals surface area contributed by atoms with Gasteiger partial charge in [0.2, 0.25) is 0 Å². The summed E-state index contributed by atoms with van der Waals surface area (Å²) in [5, 5.41) is 3.28. The maximum Gasteiger partial charge on any atom is 0.0952 e. The van der Waals surface area contributed by atoms with Gasteiger partial charge >= 0.3 is 0 Å². The smallest absolute Gasteiger partial charge is 0.0952 e. The number of hydrogen-bond donors (Lipinski definition) is 1. The second-order valence-corrected chi connectivity index (χ2v) is 6.16. The maximum atomic E-state index is 6.44. The molecule has 1 fully saturated rings. The molecule has 1 N–H and O–H groups in total. The molecule has 1 aromatic rings. The van der Waals surface area contributed by atoms with Crippen molar-refractivity contribution in [2.45, 2.75) is 58.2 Å². The van der Waals surface area contributed by atoms with Crippen LogP contribution in [0.1, 0.15) is 56.3 Å². The van der Waals surface area contributed by atoms with Gasteiger partial charge in [0.25, 0.3) is 0 Å². The lowest BCUT2D eigenvalue weighted by Gasteiger charge is -2.32. The Morgan fingerprint density at radius 3 is 2.90 bits per heavy atom. The lowest BCUT2D eigenvalue weighted by atomic mass is 9.85. The first kappa shape index (κ1) is 15.5. The van der Waals surface area contributed by atoms with Gasteiger partial charge in [-0.05, 0) is 38.3 Å². The number of benzene rings is 1. The van der Waals surface area contributed by atoms with E-state index >= 15 is 0 Å². The van der Waals surface area contributed by atoms with Gasteiger partial charge in [-0.25, -0.2) is 0 Å². The molecule has 0 amide bonds. The molecule has 1 aliphatic carbocycles. The molecule has 0 spiro atoms. The topological polar surface area (TPSA) is 21.3 Å². The lowest BCUT2D eigenvalue weighted by Crippen LogP contribution is -2.28. The van der Waals surface area contributed by atoms with E-state index in [1.165, 1.54) is 43.2 Å². The number of nitrogens with one attached hydrogen (secondary N) is 1. The lowest BCUT2D eigenvalue weighted by molar-refractivity contribution is -0.0408. The zero-order valence-electron chi connectivity index (χ0n) is 13.2. The fraction of sp³-hybridized carbons (Fsp3) is 0.667. The largest absolute Gasteiger partial charge is 0.369 e. The molecule has 1 aromatic carbocycles. The molecule has 2 heteroatoms. The molecule has 20 heavy (non-hydrogen) atoms. The average molecular weight is 275 g/mol. The second kappa shape index (κ2) is 7.80. The summed E-state index contributed by atoms with van der Waals surface area (Å²) in [4.78, 5) is 0. The Hall–Kier alpha value is -0.860. The molecule has 0 saturated heterocycles. The first-order chi connectivity index (χ1) is 9.72. The molecular formula is C18H29NO. The van der Waals surface area contributed by atoms with Crippen molar-refractivity contribution in [2.24, 2.45) is 5.92 Å². The number of aryl methyl sites for hydroxylation is 1. The van der Waals surface area contributed by atoms with Crippen molar-refractivity contribution in [1.82, 2.24) is 5.32 Å². The standard InChI is InChI=1S/C18H29NO/c1-4-15-8-6-10-17(12-15)20-18(13-19-3)16-9-5-7-14(2)11-16/h5,7,9,11,15,17-19H,4,6,8,10,12-13H2,1-3H3. The summed E-state index contributed by atoms with van der Waals surface area (Å²) >= 11 is 0. The maximum absolute atomic E-state index is 6.44. The first-order valence-corrected chi connectivity index (χ1v) is 8.09. The molecule has 0 heterocycles. The van der Waals surface area contributed by atoms with Crippen LogP contribution in [0.4, 0.5) is 0 Å². The Balaban J connectivity index is 2.01. The fourth-order valence-electron chi connectivity index (χ4n) is 3.27. The van der Waals surface area contributed by atoms with Crippen LogP contribution in [0.15, 0.2) is 24.3 Å². The van der Waals surface area contributed by atoms with Gasteiger partial charge in [-0.2, -0.15) is 0 Å². The summed E-state index contributed by atoms with van der Waals surface area (Å²) in [6.45, 7) is 5.34. The summed E-state index contributed by atoms with van der Waals surface area (Å²) in [6, 6.07) is 8.72. The van der Waals surface area contributed by atoms with Gasteiger partial charge in [-0.15, -0.1) is 0 Å². The molecule has 2 nitrogen and oxygen atoms in total. The highest BCUT2D eigenvalue weighted by Gasteiger charge is 2.24. The van der Waals surface area contributed by atoms with E-state index in [2.05, 4.69) is 43.4 Å². The highest BCUT2D eigenvalue weighted by molar-refractivity contribution is 5.24. The van der Waals surface area contributed by atoms with Crippen LogP contribution in [0.5, 0.6) is 0 Å². The van der Waals surface area contributed by atoms with E-state index in [0.29, 0.717) is 6.10 Å². The average Bonchev–Trinajstić information content (AvgIpc) is 2.47. The monoisotopic (exact) mass is 275 g/mol. The minimum absolute atomic E-state index is 0.181. The van der Waals surface area contributed by atoms with Crippen molar-refractivity contribution < 1.29 is 4.74 Å². The van der Waals surface area contributed by atoms with Gasteiger partial charge in [0.1, 0.15) is 0 Å². The summed E-state index contributed by atoms with van der Waals surface area (Å²) in [5.74, 6) is 0.862. The van der Waals surface area contributed by atoms with Crippen molar-refractivity contribution in [3.8, 4) is 0 Å². The van der Waals surface area contributed by atoms with E-state index < -0.39 is 0 Å². The van der Waals surface area contributed by atoms with E-state index in [1.807, 2.05) is 7.05 Å². The molecule has 0 bridgehead atoms. The van der Waals surface area contributed by atoms with Crippen LogP contribution in [0, 0.1) is 12.8 Å². The van der Waals surface area contributed by atoms with Crippen molar-refractivity contribution in [3.63, 3.8) is 0 Å². The molecule has 3 atom stereocenters. The van der Waals surface area contributed by atoms with Crippen LogP contribution in [0.25, 0.3) is 0 Å². The van der Waals surface area contributed by atoms with Gasteiger partial charge in [0.05, 0.1) is 12.2 Å². The highest BCUT2D eigenvalue weighted by atomic mass is 16.5. The summed E-state index contributed by atoms with van der Waals surface area (Å²) in [5.41, 5.74) is 2.61. The zero-order chi connectivity index (χ0) is 14.4. The minimum Gasteiger partial charge on any atom is -0.369 e. The third kappa shape index (κ3) is 4.32. The Bertz CT molecular complexity index is 404.